The predicted octanol–water partition coefficient (Wildman–Crippen LogP) is 1.79. The fourth-order valence-electron chi connectivity index (χ4n) is 1.13. The highest BCUT2D eigenvalue weighted by Gasteiger charge is 2.23. The summed E-state index contributed by atoms with van der Waals surface area (Å²) in [7, 11) is 2.70. The van der Waals surface area contributed by atoms with Crippen LogP contribution in [-0.4, -0.2) is 47.9 Å². The molecule has 10 heteroatoms. The summed E-state index contributed by atoms with van der Waals surface area (Å²) in [6.45, 7) is 1.02. The lowest BCUT2D eigenvalue weighted by Crippen LogP contribution is -2.12. The average molecular weight is 392 g/mol. The molecule has 1 rings (SSSR count). The fourth-order valence-corrected chi connectivity index (χ4v) is 3.16. The Labute approximate surface area is 128 Å². The highest BCUT2D eigenvalue weighted by Crippen LogP contribution is 2.28. The molecule has 20 heavy (non-hydrogen) atoms. The normalized spacial score (nSPS) is 11.6. The molecule has 1 heterocycles. The zero-order chi connectivity index (χ0) is 15.2. The van der Waals surface area contributed by atoms with E-state index in [1.807, 2.05) is 0 Å². The number of ether oxygens (including phenoxy) is 3. The maximum atomic E-state index is 11.6. The van der Waals surface area contributed by atoms with Gasteiger partial charge in [-0.25, -0.2) is 13.2 Å². The minimum atomic E-state index is -4.00. The molecule has 0 unspecified atom stereocenters. The van der Waals surface area contributed by atoms with Crippen molar-refractivity contribution in [2.45, 2.75) is 4.90 Å². The first-order valence-corrected chi connectivity index (χ1v) is 8.44. The van der Waals surface area contributed by atoms with Gasteiger partial charge in [0.05, 0.1) is 19.8 Å². The van der Waals surface area contributed by atoms with Gasteiger partial charge in [0.15, 0.2) is 4.67 Å². The number of furan rings is 1. The molecule has 0 saturated heterocycles. The van der Waals surface area contributed by atoms with Gasteiger partial charge in [0, 0.05) is 23.9 Å². The van der Waals surface area contributed by atoms with E-state index in [0.29, 0.717) is 13.2 Å². The number of rotatable bonds is 8. The third kappa shape index (κ3) is 5.41. The molecular weight excluding hydrogens is 380 g/mol. The van der Waals surface area contributed by atoms with Crippen LogP contribution >= 0.6 is 26.6 Å². The van der Waals surface area contributed by atoms with Crippen LogP contribution in [0.15, 0.2) is 20.0 Å². The first-order chi connectivity index (χ1) is 9.36. The van der Waals surface area contributed by atoms with Gasteiger partial charge in [-0.05, 0) is 15.9 Å². The van der Waals surface area contributed by atoms with Gasteiger partial charge < -0.3 is 18.6 Å². The number of hydrogen-bond acceptors (Lipinski definition) is 7. The predicted molar refractivity (Wildman–Crippen MR) is 72.4 cm³/mol. The summed E-state index contributed by atoms with van der Waals surface area (Å²) in [6.07, 6.45) is 0. The van der Waals surface area contributed by atoms with E-state index in [-0.39, 0.29) is 28.5 Å². The van der Waals surface area contributed by atoms with Crippen molar-refractivity contribution in [3.05, 3.63) is 16.5 Å². The van der Waals surface area contributed by atoms with E-state index in [0.717, 1.165) is 6.07 Å². The van der Waals surface area contributed by atoms with Crippen LogP contribution in [0.2, 0.25) is 0 Å². The Bertz CT molecular complexity index is 554. The zero-order valence-corrected chi connectivity index (χ0v) is 13.6. The molecule has 0 amide bonds. The minimum Gasteiger partial charge on any atom is -0.457 e. The summed E-state index contributed by atoms with van der Waals surface area (Å²) in [5.74, 6) is -1.08. The third-order valence-electron chi connectivity index (χ3n) is 2.01. The van der Waals surface area contributed by atoms with Gasteiger partial charge in [-0.2, -0.15) is 0 Å². The average Bonchev–Trinajstić information content (AvgIpc) is 2.75. The first-order valence-electron chi connectivity index (χ1n) is 5.34. The van der Waals surface area contributed by atoms with Crippen LogP contribution in [0.3, 0.4) is 0 Å². The molecule has 7 nitrogen and oxygen atoms in total. The van der Waals surface area contributed by atoms with E-state index >= 15 is 0 Å². The van der Waals surface area contributed by atoms with Gasteiger partial charge in [-0.1, -0.05) is 0 Å². The lowest BCUT2D eigenvalue weighted by Gasteiger charge is -2.04. The maximum Gasteiger partial charge on any atom is 0.374 e. The number of methoxy groups -OCH3 is 1. The number of esters is 1. The summed E-state index contributed by atoms with van der Waals surface area (Å²) in [6, 6.07) is 0.987. The van der Waals surface area contributed by atoms with Gasteiger partial charge in [-0.15, -0.1) is 0 Å². The summed E-state index contributed by atoms with van der Waals surface area (Å²) in [4.78, 5) is 11.2. The molecule has 0 aliphatic rings. The van der Waals surface area contributed by atoms with Crippen molar-refractivity contribution in [3.63, 3.8) is 0 Å². The molecule has 0 aliphatic heterocycles. The van der Waals surface area contributed by atoms with Crippen molar-refractivity contribution in [2.75, 3.05) is 33.5 Å². The fraction of sp³-hybridized carbons (Fsp3) is 0.500. The molecule has 0 bridgehead atoms. The van der Waals surface area contributed by atoms with Gasteiger partial charge in [0.25, 0.3) is 9.05 Å². The SMILES string of the molecule is COCCOCCOC(=O)c1cc(S(=O)(=O)Cl)c(Br)o1. The monoisotopic (exact) mass is 390 g/mol. The molecule has 1 aromatic heterocycles. The second-order valence-electron chi connectivity index (χ2n) is 3.43. The Morgan fingerprint density at radius 3 is 2.55 bits per heavy atom. The van der Waals surface area contributed by atoms with E-state index in [9.17, 15) is 13.2 Å². The number of halogens is 2. The van der Waals surface area contributed by atoms with Crippen LogP contribution in [0.5, 0.6) is 0 Å². The summed E-state index contributed by atoms with van der Waals surface area (Å²) < 4.78 is 41.7. The molecule has 0 fully saturated rings. The van der Waals surface area contributed by atoms with Crippen molar-refractivity contribution in [1.29, 1.82) is 0 Å². The zero-order valence-electron chi connectivity index (χ0n) is 10.4. The highest BCUT2D eigenvalue weighted by atomic mass is 79.9. The first kappa shape index (κ1) is 17.4. The smallest absolute Gasteiger partial charge is 0.374 e. The van der Waals surface area contributed by atoms with Crippen molar-refractivity contribution in [2.24, 2.45) is 0 Å². The second kappa shape index (κ2) is 7.99. The summed E-state index contributed by atoms with van der Waals surface area (Å²) in [5.41, 5.74) is 0. The quantitative estimate of drug-likeness (QED) is 0.379. The van der Waals surface area contributed by atoms with Crippen LogP contribution in [0, 0.1) is 0 Å². The lowest BCUT2D eigenvalue weighted by molar-refractivity contribution is 0.0190. The van der Waals surface area contributed by atoms with Crippen LogP contribution < -0.4 is 0 Å². The molecule has 1 aromatic rings. The van der Waals surface area contributed by atoms with Crippen molar-refractivity contribution in [3.8, 4) is 0 Å². The molecule has 0 spiro atoms. The number of carbonyl (C=O) groups is 1. The largest absolute Gasteiger partial charge is 0.457 e. The Hall–Kier alpha value is -0.610. The van der Waals surface area contributed by atoms with Gasteiger partial charge in [-0.3, -0.25) is 0 Å². The Morgan fingerprint density at radius 1 is 1.35 bits per heavy atom. The van der Waals surface area contributed by atoms with Gasteiger partial charge >= 0.3 is 5.97 Å². The molecule has 0 aromatic carbocycles. The highest BCUT2D eigenvalue weighted by molar-refractivity contribution is 9.10. The molecule has 0 N–H and O–H groups in total. The molecule has 0 atom stereocenters. The summed E-state index contributed by atoms with van der Waals surface area (Å²) >= 11 is 2.85. The Morgan fingerprint density at radius 2 is 2.00 bits per heavy atom. The van der Waals surface area contributed by atoms with Gasteiger partial charge in [0.2, 0.25) is 5.76 Å². The number of hydrogen-bond donors (Lipinski definition) is 0. The van der Waals surface area contributed by atoms with E-state index in [2.05, 4.69) is 15.9 Å². The minimum absolute atomic E-state index is 0.00379. The molecule has 0 saturated carbocycles. The van der Waals surface area contributed by atoms with E-state index < -0.39 is 15.0 Å². The van der Waals surface area contributed by atoms with Crippen molar-refractivity contribution in [1.82, 2.24) is 0 Å². The summed E-state index contributed by atoms with van der Waals surface area (Å²) in [5, 5.41) is 0. The van der Waals surface area contributed by atoms with E-state index in [4.69, 9.17) is 29.3 Å². The van der Waals surface area contributed by atoms with Crippen LogP contribution in [0.4, 0.5) is 0 Å². The second-order valence-corrected chi connectivity index (χ2v) is 6.68. The van der Waals surface area contributed by atoms with Crippen LogP contribution in [0.25, 0.3) is 0 Å². The topological polar surface area (TPSA) is 92.0 Å². The molecular formula is C10H12BrClO7S. The van der Waals surface area contributed by atoms with E-state index in [1.165, 1.54) is 0 Å². The van der Waals surface area contributed by atoms with Crippen molar-refractivity contribution >= 4 is 41.6 Å². The van der Waals surface area contributed by atoms with Crippen LogP contribution in [-0.2, 0) is 23.3 Å². The van der Waals surface area contributed by atoms with E-state index in [1.54, 1.807) is 7.11 Å². The van der Waals surface area contributed by atoms with Crippen LogP contribution in [0.1, 0.15) is 10.6 Å². The third-order valence-corrected chi connectivity index (χ3v) is 4.19. The Balaban J connectivity index is 2.49. The maximum absolute atomic E-state index is 11.6. The standard InChI is InChI=1S/C10H12BrClO7S/c1-16-2-3-17-4-5-18-10(13)7-6-8(9(11)19-7)20(12,14)15/h6H,2-5H2,1H3. The molecule has 0 aliphatic carbocycles. The van der Waals surface area contributed by atoms with Gasteiger partial charge in [0.1, 0.15) is 11.5 Å². The Kier molecular flexibility index (Phi) is 6.96. The lowest BCUT2D eigenvalue weighted by atomic mass is 10.4. The molecule has 0 radical (unpaired) electrons. The molecule has 114 valence electrons. The number of carbonyl (C=O) groups excluding carboxylic acids is 1. The van der Waals surface area contributed by atoms with Crippen molar-refractivity contribution < 1.29 is 31.8 Å².